The highest BCUT2D eigenvalue weighted by molar-refractivity contribution is 6.30. The van der Waals surface area contributed by atoms with E-state index in [2.05, 4.69) is 10.3 Å². The molecule has 2 aromatic rings. The van der Waals surface area contributed by atoms with Gasteiger partial charge in [0.25, 0.3) is 0 Å². The van der Waals surface area contributed by atoms with E-state index in [1.54, 1.807) is 18.3 Å². The first-order valence-corrected chi connectivity index (χ1v) is 5.84. The number of hydrogen-bond acceptors (Lipinski definition) is 3. The van der Waals surface area contributed by atoms with Crippen molar-refractivity contribution in [3.8, 4) is 0 Å². The number of nitrogen functional groups attached to an aromatic ring is 1. The monoisotopic (exact) mass is 265 g/mol. The maximum Gasteiger partial charge on any atom is 0.149 e. The molecule has 0 aliphatic carbocycles. The van der Waals surface area contributed by atoms with Crippen molar-refractivity contribution in [3.05, 3.63) is 52.4 Å². The van der Waals surface area contributed by atoms with Crippen LogP contribution in [0, 0.1) is 12.7 Å². The van der Waals surface area contributed by atoms with E-state index in [9.17, 15) is 4.39 Å². The van der Waals surface area contributed by atoms with Gasteiger partial charge in [-0.05, 0) is 36.2 Å². The molecule has 0 saturated heterocycles. The van der Waals surface area contributed by atoms with Gasteiger partial charge in [0.1, 0.15) is 11.6 Å². The van der Waals surface area contributed by atoms with Crippen molar-refractivity contribution in [1.82, 2.24) is 4.98 Å². The van der Waals surface area contributed by atoms with Gasteiger partial charge in [0.15, 0.2) is 0 Å². The number of benzene rings is 1. The number of halogens is 2. The molecule has 1 aromatic carbocycles. The number of hydrogen-bond donors (Lipinski definition) is 2. The topological polar surface area (TPSA) is 50.9 Å². The molecule has 3 nitrogen and oxygen atoms in total. The minimum Gasteiger partial charge on any atom is -0.396 e. The van der Waals surface area contributed by atoms with Crippen LogP contribution < -0.4 is 11.1 Å². The predicted octanol–water partition coefficient (Wildman–Crippen LogP) is 3.38. The van der Waals surface area contributed by atoms with Gasteiger partial charge in [0, 0.05) is 12.7 Å². The summed E-state index contributed by atoms with van der Waals surface area (Å²) in [7, 11) is 0. The van der Waals surface area contributed by atoms with Gasteiger partial charge >= 0.3 is 0 Å². The van der Waals surface area contributed by atoms with Crippen LogP contribution in [-0.2, 0) is 6.54 Å². The van der Waals surface area contributed by atoms with E-state index in [1.165, 1.54) is 6.07 Å². The largest absolute Gasteiger partial charge is 0.396 e. The SMILES string of the molecule is Cc1cnc(NCc2ccc(F)c(Cl)c2)c(N)c1. The average Bonchev–Trinajstić information content (AvgIpc) is 2.32. The molecule has 0 radical (unpaired) electrons. The smallest absolute Gasteiger partial charge is 0.149 e. The van der Waals surface area contributed by atoms with Gasteiger partial charge in [0.05, 0.1) is 10.7 Å². The third-order valence-electron chi connectivity index (χ3n) is 2.50. The predicted molar refractivity (Wildman–Crippen MR) is 72.1 cm³/mol. The van der Waals surface area contributed by atoms with Gasteiger partial charge in [0.2, 0.25) is 0 Å². The summed E-state index contributed by atoms with van der Waals surface area (Å²) < 4.78 is 13.0. The molecule has 0 spiro atoms. The minimum absolute atomic E-state index is 0.110. The van der Waals surface area contributed by atoms with Crippen LogP contribution in [0.5, 0.6) is 0 Å². The third-order valence-corrected chi connectivity index (χ3v) is 2.79. The maximum absolute atomic E-state index is 13.0. The Kier molecular flexibility index (Phi) is 3.67. The molecule has 0 saturated carbocycles. The summed E-state index contributed by atoms with van der Waals surface area (Å²) in [6.45, 7) is 2.41. The Morgan fingerprint density at radius 3 is 2.83 bits per heavy atom. The summed E-state index contributed by atoms with van der Waals surface area (Å²) in [6.07, 6.45) is 1.73. The molecule has 0 atom stereocenters. The lowest BCUT2D eigenvalue weighted by Gasteiger charge is -2.09. The Morgan fingerprint density at radius 2 is 2.17 bits per heavy atom. The van der Waals surface area contributed by atoms with Crippen molar-refractivity contribution in [2.24, 2.45) is 0 Å². The number of pyridine rings is 1. The van der Waals surface area contributed by atoms with E-state index in [1.807, 2.05) is 13.0 Å². The Labute approximate surface area is 110 Å². The van der Waals surface area contributed by atoms with Crippen molar-refractivity contribution < 1.29 is 4.39 Å². The highest BCUT2D eigenvalue weighted by Gasteiger charge is 2.03. The number of nitrogens with zero attached hydrogens (tertiary/aromatic N) is 1. The fourth-order valence-electron chi connectivity index (χ4n) is 1.57. The average molecular weight is 266 g/mol. The molecular formula is C13H13ClFN3. The maximum atomic E-state index is 13.0. The van der Waals surface area contributed by atoms with Crippen LogP contribution in [-0.4, -0.2) is 4.98 Å². The second-order valence-electron chi connectivity index (χ2n) is 4.05. The molecule has 1 aromatic heterocycles. The first kappa shape index (κ1) is 12.6. The van der Waals surface area contributed by atoms with Crippen LogP contribution in [0.4, 0.5) is 15.9 Å². The second kappa shape index (κ2) is 5.23. The minimum atomic E-state index is -0.423. The number of aryl methyl sites for hydroxylation is 1. The summed E-state index contributed by atoms with van der Waals surface area (Å²) in [4.78, 5) is 4.19. The van der Waals surface area contributed by atoms with E-state index in [-0.39, 0.29) is 5.02 Å². The molecule has 0 fully saturated rings. The van der Waals surface area contributed by atoms with E-state index in [4.69, 9.17) is 17.3 Å². The summed E-state index contributed by atoms with van der Waals surface area (Å²) in [5.74, 6) is 0.189. The molecule has 0 aliphatic heterocycles. The molecule has 0 unspecified atom stereocenters. The summed E-state index contributed by atoms with van der Waals surface area (Å²) in [5.41, 5.74) is 8.28. The molecule has 0 amide bonds. The van der Waals surface area contributed by atoms with Gasteiger partial charge in [-0.3, -0.25) is 0 Å². The van der Waals surface area contributed by atoms with Gasteiger partial charge in [-0.25, -0.2) is 9.37 Å². The van der Waals surface area contributed by atoms with Crippen molar-refractivity contribution in [2.75, 3.05) is 11.1 Å². The Bertz CT molecular complexity index is 572. The molecule has 0 bridgehead atoms. The lowest BCUT2D eigenvalue weighted by atomic mass is 10.2. The molecule has 2 rings (SSSR count). The molecule has 0 aliphatic rings. The number of nitrogens with one attached hydrogen (secondary N) is 1. The fraction of sp³-hybridized carbons (Fsp3) is 0.154. The normalized spacial score (nSPS) is 10.4. The Balaban J connectivity index is 2.09. The number of aromatic nitrogens is 1. The Morgan fingerprint density at radius 1 is 1.39 bits per heavy atom. The molecular weight excluding hydrogens is 253 g/mol. The third kappa shape index (κ3) is 2.90. The molecule has 3 N–H and O–H groups in total. The molecule has 18 heavy (non-hydrogen) atoms. The Hall–Kier alpha value is -1.81. The van der Waals surface area contributed by atoms with Crippen LogP contribution >= 0.6 is 11.6 Å². The first-order valence-electron chi connectivity index (χ1n) is 5.46. The van der Waals surface area contributed by atoms with E-state index < -0.39 is 5.82 Å². The fourth-order valence-corrected chi connectivity index (χ4v) is 1.78. The van der Waals surface area contributed by atoms with Crippen molar-refractivity contribution in [1.29, 1.82) is 0 Å². The summed E-state index contributed by atoms with van der Waals surface area (Å²) in [6, 6.07) is 6.42. The molecule has 1 heterocycles. The van der Waals surface area contributed by atoms with Crippen LogP contribution in [0.1, 0.15) is 11.1 Å². The highest BCUT2D eigenvalue weighted by Crippen LogP contribution is 2.19. The summed E-state index contributed by atoms with van der Waals surface area (Å²) in [5, 5.41) is 3.20. The van der Waals surface area contributed by atoms with Gasteiger partial charge in [-0.2, -0.15) is 0 Å². The highest BCUT2D eigenvalue weighted by atomic mass is 35.5. The summed E-state index contributed by atoms with van der Waals surface area (Å²) >= 11 is 5.70. The van der Waals surface area contributed by atoms with Crippen molar-refractivity contribution in [2.45, 2.75) is 13.5 Å². The number of rotatable bonds is 3. The first-order chi connectivity index (χ1) is 8.56. The van der Waals surface area contributed by atoms with Crippen LogP contribution in [0.25, 0.3) is 0 Å². The van der Waals surface area contributed by atoms with Gasteiger partial charge in [-0.1, -0.05) is 17.7 Å². The van der Waals surface area contributed by atoms with Crippen molar-refractivity contribution in [3.63, 3.8) is 0 Å². The molecule has 94 valence electrons. The van der Waals surface area contributed by atoms with Crippen molar-refractivity contribution >= 4 is 23.1 Å². The standard InChI is InChI=1S/C13H13ClFN3/c1-8-4-12(16)13(17-6-8)18-7-9-2-3-11(15)10(14)5-9/h2-6H,7,16H2,1H3,(H,17,18). The molecule has 5 heteroatoms. The van der Waals surface area contributed by atoms with Gasteiger partial charge < -0.3 is 11.1 Å². The quantitative estimate of drug-likeness (QED) is 0.895. The zero-order chi connectivity index (χ0) is 13.1. The second-order valence-corrected chi connectivity index (χ2v) is 4.46. The van der Waals surface area contributed by atoms with E-state index >= 15 is 0 Å². The van der Waals surface area contributed by atoms with Crippen LogP contribution in [0.3, 0.4) is 0 Å². The zero-order valence-corrected chi connectivity index (χ0v) is 10.6. The van der Waals surface area contributed by atoms with Crippen LogP contribution in [0.15, 0.2) is 30.5 Å². The van der Waals surface area contributed by atoms with Crippen LogP contribution in [0.2, 0.25) is 5.02 Å². The van der Waals surface area contributed by atoms with E-state index in [0.29, 0.717) is 18.1 Å². The van der Waals surface area contributed by atoms with E-state index in [0.717, 1.165) is 11.1 Å². The van der Waals surface area contributed by atoms with Gasteiger partial charge in [-0.15, -0.1) is 0 Å². The lowest BCUT2D eigenvalue weighted by molar-refractivity contribution is 0.627. The zero-order valence-electron chi connectivity index (χ0n) is 9.87. The lowest BCUT2D eigenvalue weighted by Crippen LogP contribution is -2.05. The number of anilines is 2. The number of nitrogens with two attached hydrogens (primary N) is 1.